The Morgan fingerprint density at radius 1 is 1.28 bits per heavy atom. The fourth-order valence-electron chi connectivity index (χ4n) is 3.32. The summed E-state index contributed by atoms with van der Waals surface area (Å²) in [7, 11) is 0. The highest BCUT2D eigenvalue weighted by molar-refractivity contribution is 8.14. The van der Waals surface area contributed by atoms with Crippen molar-refractivity contribution in [1.82, 2.24) is 10.2 Å². The van der Waals surface area contributed by atoms with Crippen molar-refractivity contribution in [3.05, 3.63) is 59.4 Å². The number of hydrogen-bond donors (Lipinski definition) is 1. The molecule has 3 amide bonds. The lowest BCUT2D eigenvalue weighted by Crippen LogP contribution is -2.37. The minimum atomic E-state index is -0.352. The van der Waals surface area contributed by atoms with Crippen LogP contribution in [0.3, 0.4) is 0 Å². The Balaban J connectivity index is 1.70. The van der Waals surface area contributed by atoms with Gasteiger partial charge in [0.15, 0.2) is 0 Å². The molecule has 0 bridgehead atoms. The maximum Gasteiger partial charge on any atom is 0.286 e. The summed E-state index contributed by atoms with van der Waals surface area (Å²) in [4.78, 5) is 37.8. The first-order valence-corrected chi connectivity index (χ1v) is 10.8. The molecule has 3 aliphatic rings. The normalized spacial score (nSPS) is 29.6. The predicted octanol–water partition coefficient (Wildman–Crippen LogP) is 3.64. The topological polar surface area (TPSA) is 75.7 Å². The van der Waals surface area contributed by atoms with Crippen molar-refractivity contribution >= 4 is 28.8 Å². The second kappa shape index (κ2) is 10.3. The molecular weight excluding hydrogens is 388 g/mol. The van der Waals surface area contributed by atoms with Crippen LogP contribution in [0.15, 0.2) is 59.4 Å². The number of carbonyl (C=O) groups excluding carboxylic acids is 3. The molecule has 154 valence electrons. The molecule has 3 rings (SSSR count). The van der Waals surface area contributed by atoms with Crippen molar-refractivity contribution in [2.24, 2.45) is 0 Å². The number of hydrogen-bond acceptors (Lipinski definition) is 5. The van der Waals surface area contributed by atoms with Gasteiger partial charge in [-0.05, 0) is 55.9 Å². The molecule has 0 aromatic carbocycles. The number of imide groups is 1. The zero-order chi connectivity index (χ0) is 20.6. The summed E-state index contributed by atoms with van der Waals surface area (Å²) in [6.45, 7) is 3.88. The third-order valence-corrected chi connectivity index (χ3v) is 5.86. The second-order valence-corrected chi connectivity index (χ2v) is 8.47. The van der Waals surface area contributed by atoms with E-state index in [9.17, 15) is 14.4 Å². The number of carbonyl (C=O) groups is 3. The quantitative estimate of drug-likeness (QED) is 0.714. The Kier molecular flexibility index (Phi) is 7.52. The van der Waals surface area contributed by atoms with Crippen LogP contribution in [0.2, 0.25) is 0 Å². The molecule has 0 aromatic rings. The van der Waals surface area contributed by atoms with Crippen LogP contribution in [0.5, 0.6) is 0 Å². The smallest absolute Gasteiger partial charge is 0.286 e. The average molecular weight is 415 g/mol. The molecule has 1 unspecified atom stereocenters. The van der Waals surface area contributed by atoms with Crippen LogP contribution < -0.4 is 5.32 Å². The van der Waals surface area contributed by atoms with Gasteiger partial charge in [0.1, 0.15) is 6.61 Å². The number of rotatable bonds is 3. The van der Waals surface area contributed by atoms with E-state index in [-0.39, 0.29) is 22.3 Å². The largest absolute Gasteiger partial charge is 0.497 e. The Morgan fingerprint density at radius 2 is 2.07 bits per heavy atom. The Hall–Kier alpha value is -2.54. The molecule has 29 heavy (non-hydrogen) atoms. The molecule has 1 N–H and O–H groups in total. The SMILES string of the molecule is CC1SC(=O)NC(=O)/C1=C/C1=C/CC(/C=C/C(=O)N2CCCCC2)=C\OC/C=C\1. The molecule has 3 heterocycles. The van der Waals surface area contributed by atoms with Gasteiger partial charge in [0, 0.05) is 30.0 Å². The van der Waals surface area contributed by atoms with E-state index in [1.54, 1.807) is 18.4 Å². The van der Waals surface area contributed by atoms with E-state index in [0.717, 1.165) is 48.8 Å². The first-order valence-electron chi connectivity index (χ1n) is 9.91. The van der Waals surface area contributed by atoms with Crippen LogP contribution >= 0.6 is 11.8 Å². The van der Waals surface area contributed by atoms with E-state index in [2.05, 4.69) is 5.32 Å². The minimum absolute atomic E-state index is 0.0318. The van der Waals surface area contributed by atoms with Gasteiger partial charge >= 0.3 is 0 Å². The molecule has 0 spiro atoms. The van der Waals surface area contributed by atoms with Crippen molar-refractivity contribution in [1.29, 1.82) is 0 Å². The molecule has 0 aromatic heterocycles. The van der Waals surface area contributed by atoms with Crippen molar-refractivity contribution in [3.63, 3.8) is 0 Å². The van der Waals surface area contributed by atoms with E-state index in [1.807, 2.05) is 36.1 Å². The maximum atomic E-state index is 12.3. The van der Waals surface area contributed by atoms with Gasteiger partial charge in [0.05, 0.1) is 6.26 Å². The molecule has 7 heteroatoms. The average Bonchev–Trinajstić information content (AvgIpc) is 2.82. The first kappa shape index (κ1) is 21.2. The Bertz CT molecular complexity index is 817. The molecule has 0 saturated carbocycles. The number of nitrogens with one attached hydrogen (secondary N) is 1. The molecule has 3 aliphatic heterocycles. The van der Waals surface area contributed by atoms with Crippen molar-refractivity contribution in [2.75, 3.05) is 19.7 Å². The summed E-state index contributed by atoms with van der Waals surface area (Å²) in [5, 5.41) is 1.82. The van der Waals surface area contributed by atoms with E-state index >= 15 is 0 Å². The van der Waals surface area contributed by atoms with Gasteiger partial charge in [0.2, 0.25) is 5.91 Å². The van der Waals surface area contributed by atoms with Crippen molar-refractivity contribution in [3.8, 4) is 0 Å². The van der Waals surface area contributed by atoms with Gasteiger partial charge in [-0.15, -0.1) is 0 Å². The molecule has 6 nitrogen and oxygen atoms in total. The van der Waals surface area contributed by atoms with Crippen LogP contribution in [0.25, 0.3) is 0 Å². The van der Waals surface area contributed by atoms with Gasteiger partial charge < -0.3 is 9.64 Å². The summed E-state index contributed by atoms with van der Waals surface area (Å²) >= 11 is 1.10. The number of nitrogens with zero attached hydrogens (tertiary/aromatic N) is 1. The molecule has 2 fully saturated rings. The number of amides is 3. The predicted molar refractivity (Wildman–Crippen MR) is 114 cm³/mol. The van der Waals surface area contributed by atoms with E-state index in [4.69, 9.17) is 4.74 Å². The van der Waals surface area contributed by atoms with Crippen LogP contribution in [0.4, 0.5) is 4.79 Å². The van der Waals surface area contributed by atoms with Crippen LogP contribution in [-0.2, 0) is 14.3 Å². The molecule has 0 radical (unpaired) electrons. The summed E-state index contributed by atoms with van der Waals surface area (Å²) in [5.74, 6) is -0.321. The van der Waals surface area contributed by atoms with Crippen LogP contribution in [0.1, 0.15) is 32.6 Å². The number of likely N-dealkylation sites (tertiary alicyclic amines) is 1. The minimum Gasteiger partial charge on any atom is -0.497 e. The highest BCUT2D eigenvalue weighted by Crippen LogP contribution is 2.26. The van der Waals surface area contributed by atoms with Crippen molar-refractivity contribution < 1.29 is 19.1 Å². The van der Waals surface area contributed by atoms with E-state index < -0.39 is 0 Å². The van der Waals surface area contributed by atoms with Crippen LogP contribution in [-0.4, -0.2) is 46.9 Å². The zero-order valence-corrected chi connectivity index (χ0v) is 17.4. The highest BCUT2D eigenvalue weighted by atomic mass is 32.2. The van der Waals surface area contributed by atoms with E-state index in [0.29, 0.717) is 18.6 Å². The summed E-state index contributed by atoms with van der Waals surface area (Å²) in [6.07, 6.45) is 16.5. The molecule has 2 saturated heterocycles. The molecule has 0 aliphatic carbocycles. The first-order chi connectivity index (χ1) is 14.0. The van der Waals surface area contributed by atoms with Crippen LogP contribution in [0, 0.1) is 0 Å². The third-order valence-electron chi connectivity index (χ3n) is 4.94. The summed E-state index contributed by atoms with van der Waals surface area (Å²) < 4.78 is 5.53. The number of allylic oxidation sites excluding steroid dienone is 6. The number of piperidine rings is 1. The zero-order valence-electron chi connectivity index (χ0n) is 16.6. The monoisotopic (exact) mass is 414 g/mol. The maximum absolute atomic E-state index is 12.3. The van der Waals surface area contributed by atoms with Gasteiger partial charge in [-0.3, -0.25) is 19.7 Å². The lowest BCUT2D eigenvalue weighted by Gasteiger charge is -2.25. The summed E-state index contributed by atoms with van der Waals surface area (Å²) in [5.41, 5.74) is 2.30. The van der Waals surface area contributed by atoms with Gasteiger partial charge in [-0.2, -0.15) is 0 Å². The fraction of sp³-hybridized carbons (Fsp3) is 0.409. The summed E-state index contributed by atoms with van der Waals surface area (Å²) in [6, 6.07) is 0. The Morgan fingerprint density at radius 3 is 2.83 bits per heavy atom. The fourth-order valence-corrected chi connectivity index (χ4v) is 4.10. The van der Waals surface area contributed by atoms with Gasteiger partial charge in [-0.1, -0.05) is 30.0 Å². The lowest BCUT2D eigenvalue weighted by molar-refractivity contribution is -0.126. The van der Waals surface area contributed by atoms with Gasteiger partial charge in [-0.25, -0.2) is 0 Å². The third kappa shape index (κ3) is 6.22. The van der Waals surface area contributed by atoms with Crippen molar-refractivity contribution in [2.45, 2.75) is 37.9 Å². The van der Waals surface area contributed by atoms with E-state index in [1.165, 1.54) is 6.42 Å². The standard InChI is InChI=1S/C22H26N2O4S/c1-16-19(21(26)23-22(27)29-16)14-17-6-5-13-28-15-18(8-7-17)9-10-20(25)24-11-3-2-4-12-24/h5-7,9-10,14-16H,2-4,8,11-13H2,1H3,(H,23,26,27)/b6-5-,10-9+,17-7+,18-15+,19-14+. The Labute approximate surface area is 175 Å². The highest BCUT2D eigenvalue weighted by Gasteiger charge is 2.27. The molecule has 1 atom stereocenters. The lowest BCUT2D eigenvalue weighted by atomic mass is 10.0. The number of ether oxygens (including phenoxy) is 1. The number of thioether (sulfide) groups is 1. The van der Waals surface area contributed by atoms with Gasteiger partial charge in [0.25, 0.3) is 11.1 Å². The molecular formula is C22H26N2O4S. The second-order valence-electron chi connectivity index (χ2n) is 7.16.